The Labute approximate surface area is 134 Å². The van der Waals surface area contributed by atoms with Crippen molar-refractivity contribution < 1.29 is 4.79 Å². The first-order valence-corrected chi connectivity index (χ1v) is 8.55. The van der Waals surface area contributed by atoms with Gasteiger partial charge < -0.3 is 9.47 Å². The maximum atomic E-state index is 12.4. The Kier molecular flexibility index (Phi) is 4.43. The van der Waals surface area contributed by atoms with Crippen molar-refractivity contribution >= 4 is 22.9 Å². The number of carbonyl (C=O) groups excluding carboxylic acids is 1. The van der Waals surface area contributed by atoms with Gasteiger partial charge in [0.05, 0.1) is 5.69 Å². The third-order valence-electron chi connectivity index (χ3n) is 3.97. The number of aromatic nitrogens is 1. The molecule has 0 radical (unpaired) electrons. The van der Waals surface area contributed by atoms with Crippen molar-refractivity contribution in [3.05, 3.63) is 45.7 Å². The summed E-state index contributed by atoms with van der Waals surface area (Å²) in [6.07, 6.45) is 2.25. The Bertz CT molecular complexity index is 738. The van der Waals surface area contributed by atoms with Gasteiger partial charge in [0.2, 0.25) is 5.91 Å². The van der Waals surface area contributed by atoms with Crippen LogP contribution in [0.1, 0.15) is 24.1 Å². The second-order valence-electron chi connectivity index (χ2n) is 5.78. The van der Waals surface area contributed by atoms with Crippen LogP contribution in [-0.4, -0.2) is 28.5 Å². The van der Waals surface area contributed by atoms with E-state index in [1.54, 1.807) is 11.3 Å². The van der Waals surface area contributed by atoms with Gasteiger partial charge in [-0.2, -0.15) is 0 Å². The topological polar surface area (TPSA) is 37.6 Å². The third kappa shape index (κ3) is 3.30. The molecule has 116 valence electrons. The van der Waals surface area contributed by atoms with Crippen LogP contribution in [0.15, 0.2) is 34.6 Å². The number of thiazole rings is 1. The molecule has 1 amide bonds. The summed E-state index contributed by atoms with van der Waals surface area (Å²) >= 11 is 1.59. The predicted molar refractivity (Wildman–Crippen MR) is 89.3 cm³/mol. The van der Waals surface area contributed by atoms with Crippen LogP contribution < -0.4 is 4.80 Å². The van der Waals surface area contributed by atoms with Crippen molar-refractivity contribution in [3.8, 4) is 0 Å². The molecule has 22 heavy (non-hydrogen) atoms. The highest BCUT2D eigenvalue weighted by atomic mass is 32.1. The van der Waals surface area contributed by atoms with Crippen molar-refractivity contribution in [2.45, 2.75) is 33.2 Å². The molecule has 0 unspecified atom stereocenters. The molecule has 1 aliphatic rings. The predicted octanol–water partition coefficient (Wildman–Crippen LogP) is 3.02. The summed E-state index contributed by atoms with van der Waals surface area (Å²) < 4.78 is 2.02. The summed E-state index contributed by atoms with van der Waals surface area (Å²) in [5.74, 6) is 0.199. The van der Waals surface area contributed by atoms with Crippen molar-refractivity contribution in [2.24, 2.45) is 4.99 Å². The van der Waals surface area contributed by atoms with E-state index in [-0.39, 0.29) is 5.91 Å². The average Bonchev–Trinajstić information content (AvgIpc) is 3.12. The molecule has 0 aliphatic carbocycles. The van der Waals surface area contributed by atoms with Crippen LogP contribution in [0.4, 0.5) is 5.69 Å². The Hall–Kier alpha value is -1.88. The maximum Gasteiger partial charge on any atom is 0.242 e. The normalized spacial score (nSPS) is 15.5. The van der Waals surface area contributed by atoms with Gasteiger partial charge in [0.25, 0.3) is 0 Å². The molecule has 3 rings (SSSR count). The van der Waals surface area contributed by atoms with E-state index in [0.29, 0.717) is 6.54 Å². The molecule has 5 heteroatoms. The molecule has 0 bridgehead atoms. The quantitative estimate of drug-likeness (QED) is 0.858. The van der Waals surface area contributed by atoms with E-state index < -0.39 is 0 Å². The van der Waals surface area contributed by atoms with Crippen LogP contribution in [0.2, 0.25) is 0 Å². The molecule has 4 nitrogen and oxygen atoms in total. The first kappa shape index (κ1) is 15.0. The molecule has 1 aliphatic heterocycles. The summed E-state index contributed by atoms with van der Waals surface area (Å²) in [6, 6.07) is 8.12. The van der Waals surface area contributed by atoms with Crippen molar-refractivity contribution in [3.63, 3.8) is 0 Å². The minimum absolute atomic E-state index is 0.199. The smallest absolute Gasteiger partial charge is 0.242 e. The van der Waals surface area contributed by atoms with Crippen LogP contribution in [0.25, 0.3) is 0 Å². The summed E-state index contributed by atoms with van der Waals surface area (Å²) in [5.41, 5.74) is 3.21. The molecule has 2 aromatic rings. The molecule has 0 atom stereocenters. The Balaban J connectivity index is 1.89. The number of likely N-dealkylation sites (tertiary alicyclic amines) is 1. The number of nitrogens with zero attached hydrogens (tertiary/aromatic N) is 3. The third-order valence-corrected chi connectivity index (χ3v) is 4.95. The van der Waals surface area contributed by atoms with E-state index >= 15 is 0 Å². The van der Waals surface area contributed by atoms with Gasteiger partial charge in [0.1, 0.15) is 6.54 Å². The Morgan fingerprint density at radius 2 is 2.05 bits per heavy atom. The van der Waals surface area contributed by atoms with E-state index in [0.717, 1.165) is 42.1 Å². The molecule has 0 N–H and O–H groups in total. The maximum absolute atomic E-state index is 12.4. The number of hydrogen-bond donors (Lipinski definition) is 0. The van der Waals surface area contributed by atoms with E-state index in [1.807, 2.05) is 28.5 Å². The minimum atomic E-state index is 0.199. The van der Waals surface area contributed by atoms with Gasteiger partial charge in [-0.25, -0.2) is 4.99 Å². The lowest BCUT2D eigenvalue weighted by molar-refractivity contribution is -0.130. The average molecular weight is 315 g/mol. The fourth-order valence-corrected chi connectivity index (χ4v) is 3.60. The zero-order valence-corrected chi connectivity index (χ0v) is 13.9. The van der Waals surface area contributed by atoms with Gasteiger partial charge >= 0.3 is 0 Å². The van der Waals surface area contributed by atoms with Crippen LogP contribution in [0.5, 0.6) is 0 Å². The van der Waals surface area contributed by atoms with Crippen LogP contribution >= 0.6 is 11.3 Å². The lowest BCUT2D eigenvalue weighted by atomic mass is 10.2. The van der Waals surface area contributed by atoms with Crippen LogP contribution in [0, 0.1) is 13.8 Å². The van der Waals surface area contributed by atoms with Gasteiger partial charge in [-0.3, -0.25) is 4.79 Å². The molecule has 1 saturated heterocycles. The lowest BCUT2D eigenvalue weighted by Crippen LogP contribution is -2.33. The zero-order valence-electron chi connectivity index (χ0n) is 13.1. The Morgan fingerprint density at radius 1 is 1.27 bits per heavy atom. The second-order valence-corrected chi connectivity index (χ2v) is 6.62. The first-order chi connectivity index (χ1) is 10.6. The fourth-order valence-electron chi connectivity index (χ4n) is 2.70. The van der Waals surface area contributed by atoms with Gasteiger partial charge in [0, 0.05) is 24.2 Å². The molecule has 2 heterocycles. The summed E-state index contributed by atoms with van der Waals surface area (Å²) in [5, 5.41) is 2.06. The van der Waals surface area contributed by atoms with E-state index in [9.17, 15) is 4.79 Å². The summed E-state index contributed by atoms with van der Waals surface area (Å²) in [4.78, 5) is 19.9. The molecule has 0 saturated carbocycles. The number of amides is 1. The van der Waals surface area contributed by atoms with Crippen molar-refractivity contribution in [2.75, 3.05) is 13.1 Å². The standard InChI is InChI=1S/C17H21N3OS/c1-13-6-5-7-15(10-13)18-17-20(14(2)12-22-17)11-16(21)19-8-3-4-9-19/h5-7,10,12H,3-4,8-9,11H2,1-2H3. The zero-order chi connectivity index (χ0) is 15.5. The highest BCUT2D eigenvalue weighted by molar-refractivity contribution is 7.07. The Morgan fingerprint density at radius 3 is 2.77 bits per heavy atom. The summed E-state index contributed by atoms with van der Waals surface area (Å²) in [6.45, 7) is 6.27. The molecule has 1 aromatic carbocycles. The van der Waals surface area contributed by atoms with E-state index in [1.165, 1.54) is 5.56 Å². The molecule has 1 fully saturated rings. The SMILES string of the molecule is Cc1cccc(N=c2scc(C)n2CC(=O)N2CCCC2)c1. The first-order valence-electron chi connectivity index (χ1n) is 7.67. The highest BCUT2D eigenvalue weighted by Crippen LogP contribution is 2.14. The number of rotatable bonds is 3. The van der Waals surface area contributed by atoms with Crippen molar-refractivity contribution in [1.29, 1.82) is 0 Å². The van der Waals surface area contributed by atoms with Gasteiger partial charge in [-0.15, -0.1) is 11.3 Å². The van der Waals surface area contributed by atoms with Crippen molar-refractivity contribution in [1.82, 2.24) is 9.47 Å². The fraction of sp³-hybridized carbons (Fsp3) is 0.412. The van der Waals surface area contributed by atoms with Crippen LogP contribution in [-0.2, 0) is 11.3 Å². The summed E-state index contributed by atoms with van der Waals surface area (Å²) in [7, 11) is 0. The number of benzene rings is 1. The minimum Gasteiger partial charge on any atom is -0.341 e. The van der Waals surface area contributed by atoms with E-state index in [2.05, 4.69) is 24.4 Å². The van der Waals surface area contributed by atoms with Gasteiger partial charge in [0.15, 0.2) is 4.80 Å². The monoisotopic (exact) mass is 315 g/mol. The van der Waals surface area contributed by atoms with Gasteiger partial charge in [-0.05, 0) is 44.4 Å². The molecule has 0 spiro atoms. The second kappa shape index (κ2) is 6.48. The number of aryl methyl sites for hydroxylation is 2. The number of carbonyl (C=O) groups is 1. The highest BCUT2D eigenvalue weighted by Gasteiger charge is 2.19. The van der Waals surface area contributed by atoms with Gasteiger partial charge in [-0.1, -0.05) is 12.1 Å². The number of hydrogen-bond acceptors (Lipinski definition) is 3. The molecule has 1 aromatic heterocycles. The molecular weight excluding hydrogens is 294 g/mol. The largest absolute Gasteiger partial charge is 0.341 e. The van der Waals surface area contributed by atoms with E-state index in [4.69, 9.17) is 4.99 Å². The van der Waals surface area contributed by atoms with Crippen LogP contribution in [0.3, 0.4) is 0 Å². The molecular formula is C17H21N3OS. The lowest BCUT2D eigenvalue weighted by Gasteiger charge is -2.16.